The summed E-state index contributed by atoms with van der Waals surface area (Å²) < 4.78 is 11.1. The molecule has 0 aromatic rings. The highest BCUT2D eigenvalue weighted by atomic mass is 16.6. The van der Waals surface area contributed by atoms with E-state index in [9.17, 15) is 14.4 Å². The Kier molecular flexibility index (Phi) is 3.38. The summed E-state index contributed by atoms with van der Waals surface area (Å²) >= 11 is 0. The highest BCUT2D eigenvalue weighted by Gasteiger charge is 2.65. The quantitative estimate of drug-likeness (QED) is 0.560. The molecule has 4 aliphatic carbocycles. The van der Waals surface area contributed by atoms with Crippen LogP contribution < -0.4 is 0 Å². The monoisotopic (exact) mass is 358 g/mol. The second-order valence-electron chi connectivity index (χ2n) is 9.23. The summed E-state index contributed by atoms with van der Waals surface area (Å²) in [7, 11) is 0. The van der Waals surface area contributed by atoms with Crippen molar-refractivity contribution in [2.45, 2.75) is 64.6 Å². The van der Waals surface area contributed by atoms with E-state index in [1.807, 2.05) is 6.08 Å². The van der Waals surface area contributed by atoms with Crippen LogP contribution >= 0.6 is 0 Å². The summed E-state index contributed by atoms with van der Waals surface area (Å²) in [4.78, 5) is 37.4. The number of rotatable bonds is 2. The highest BCUT2D eigenvalue weighted by molar-refractivity contribution is 5.97. The number of Topliss-reactive ketones (excluding diaryl/α,β-unsaturated/α-hetero) is 1. The number of epoxide rings is 1. The fourth-order valence-electron chi connectivity index (χ4n) is 6.78. The Labute approximate surface area is 153 Å². The van der Waals surface area contributed by atoms with Crippen molar-refractivity contribution >= 4 is 17.5 Å². The fourth-order valence-corrected chi connectivity index (χ4v) is 6.78. The molecule has 0 unspecified atom stereocenters. The van der Waals surface area contributed by atoms with Crippen LogP contribution in [0.2, 0.25) is 0 Å². The third-order valence-corrected chi connectivity index (χ3v) is 8.19. The van der Waals surface area contributed by atoms with E-state index in [4.69, 9.17) is 9.47 Å². The Bertz CT molecular complexity index is 739. The molecule has 3 saturated carbocycles. The normalized spacial score (nSPS) is 48.7. The van der Waals surface area contributed by atoms with Gasteiger partial charge in [-0.05, 0) is 61.0 Å². The number of hydrogen-bond acceptors (Lipinski definition) is 5. The van der Waals surface area contributed by atoms with Crippen LogP contribution in [0.3, 0.4) is 0 Å². The Hall–Kier alpha value is -1.49. The first-order valence-corrected chi connectivity index (χ1v) is 9.95. The molecule has 26 heavy (non-hydrogen) atoms. The summed E-state index contributed by atoms with van der Waals surface area (Å²) in [5, 5.41) is 0. The molecule has 1 saturated heterocycles. The van der Waals surface area contributed by atoms with Gasteiger partial charge in [0.1, 0.15) is 18.5 Å². The van der Waals surface area contributed by atoms with E-state index in [-0.39, 0.29) is 53.4 Å². The maximum atomic E-state index is 13.2. The average molecular weight is 358 g/mol. The number of ether oxygens (including phenoxy) is 2. The minimum absolute atomic E-state index is 0.00747. The van der Waals surface area contributed by atoms with E-state index in [1.165, 1.54) is 12.5 Å². The molecule has 0 radical (unpaired) electrons. The van der Waals surface area contributed by atoms with E-state index >= 15 is 0 Å². The highest BCUT2D eigenvalue weighted by Crippen LogP contribution is 2.65. The van der Waals surface area contributed by atoms with Crippen LogP contribution in [-0.4, -0.2) is 36.4 Å². The number of ketones is 2. The smallest absolute Gasteiger partial charge is 0.302 e. The Morgan fingerprint density at radius 1 is 1.23 bits per heavy atom. The Morgan fingerprint density at radius 3 is 2.81 bits per heavy atom. The molecular weight excluding hydrogens is 332 g/mol. The first-order chi connectivity index (χ1) is 12.4. The van der Waals surface area contributed by atoms with Crippen molar-refractivity contribution in [1.82, 2.24) is 0 Å². The molecule has 1 aliphatic heterocycles. The van der Waals surface area contributed by atoms with Crippen LogP contribution in [0.5, 0.6) is 0 Å². The zero-order valence-corrected chi connectivity index (χ0v) is 15.5. The molecule has 0 aromatic heterocycles. The standard InChI is InChI=1S/C21H26O5/c1-11(22)25-10-21-8-5-12-18(13(21)3-4-17(21)24)15(23)9-14-19-16(26-19)6-7-20(12,14)2/h9,12-13,16,18-19H,3-8,10H2,1-2H3/t12-,13-,16+,18+,19-,20+,21+/m0/s1. The molecule has 0 spiro atoms. The van der Waals surface area contributed by atoms with Crippen molar-refractivity contribution in [3.63, 3.8) is 0 Å². The summed E-state index contributed by atoms with van der Waals surface area (Å²) in [6, 6.07) is 0. The van der Waals surface area contributed by atoms with Crippen molar-refractivity contribution in [3.05, 3.63) is 11.6 Å². The lowest BCUT2D eigenvalue weighted by Gasteiger charge is -2.55. The number of carbonyl (C=O) groups is 3. The van der Waals surface area contributed by atoms with Gasteiger partial charge in [-0.15, -0.1) is 0 Å². The number of esters is 1. The van der Waals surface area contributed by atoms with Crippen molar-refractivity contribution < 1.29 is 23.9 Å². The van der Waals surface area contributed by atoms with Gasteiger partial charge < -0.3 is 9.47 Å². The van der Waals surface area contributed by atoms with Crippen molar-refractivity contribution in [2.24, 2.45) is 28.6 Å². The van der Waals surface area contributed by atoms with Crippen LogP contribution in [0, 0.1) is 28.6 Å². The van der Waals surface area contributed by atoms with Gasteiger partial charge in [-0.1, -0.05) is 6.92 Å². The van der Waals surface area contributed by atoms with E-state index < -0.39 is 5.41 Å². The predicted octanol–water partition coefficient (Wildman–Crippen LogP) is 2.62. The van der Waals surface area contributed by atoms with Gasteiger partial charge in [0.2, 0.25) is 0 Å². The number of hydrogen-bond donors (Lipinski definition) is 0. The van der Waals surface area contributed by atoms with Gasteiger partial charge >= 0.3 is 5.97 Å². The van der Waals surface area contributed by atoms with Gasteiger partial charge in [0.25, 0.3) is 0 Å². The zero-order chi connectivity index (χ0) is 18.3. The van der Waals surface area contributed by atoms with Gasteiger partial charge in [-0.2, -0.15) is 0 Å². The molecule has 5 nitrogen and oxygen atoms in total. The van der Waals surface area contributed by atoms with Crippen molar-refractivity contribution in [1.29, 1.82) is 0 Å². The lowest BCUT2D eigenvalue weighted by Crippen LogP contribution is -2.55. The van der Waals surface area contributed by atoms with Gasteiger partial charge in [-0.3, -0.25) is 14.4 Å². The van der Waals surface area contributed by atoms with Crippen molar-refractivity contribution in [2.75, 3.05) is 6.61 Å². The van der Waals surface area contributed by atoms with Crippen LogP contribution in [0.1, 0.15) is 52.4 Å². The Morgan fingerprint density at radius 2 is 2.04 bits per heavy atom. The topological polar surface area (TPSA) is 73.0 Å². The lowest BCUT2D eigenvalue weighted by molar-refractivity contribution is -0.156. The molecule has 0 amide bonds. The molecule has 7 atom stereocenters. The summed E-state index contributed by atoms with van der Waals surface area (Å²) in [6.07, 6.45) is 7.29. The fraction of sp³-hybridized carbons (Fsp3) is 0.762. The van der Waals surface area contributed by atoms with E-state index in [0.29, 0.717) is 12.5 Å². The number of allylic oxidation sites excluding steroid dienone is 1. The second kappa shape index (κ2) is 5.28. The molecule has 0 bridgehead atoms. The first kappa shape index (κ1) is 16.7. The zero-order valence-electron chi connectivity index (χ0n) is 15.5. The molecular formula is C21H26O5. The maximum Gasteiger partial charge on any atom is 0.302 e. The number of fused-ring (bicyclic) bond motifs is 7. The van der Waals surface area contributed by atoms with Crippen LogP contribution in [-0.2, 0) is 23.9 Å². The second-order valence-corrected chi connectivity index (χ2v) is 9.23. The van der Waals surface area contributed by atoms with Gasteiger partial charge in [0.05, 0.1) is 11.5 Å². The Balaban J connectivity index is 1.53. The molecule has 0 aromatic carbocycles. The van der Waals surface area contributed by atoms with Gasteiger partial charge in [0, 0.05) is 19.3 Å². The predicted molar refractivity (Wildman–Crippen MR) is 92.1 cm³/mol. The molecule has 140 valence electrons. The SMILES string of the molecule is CC(=O)OC[C@]12CC[C@H]3[C@@H](C(=O)C=C4[C@@H]5O[C@@H]5CC[C@@]43C)[C@@H]1CCC2=O. The molecule has 1 heterocycles. The van der Waals surface area contributed by atoms with Crippen LogP contribution in [0.25, 0.3) is 0 Å². The summed E-state index contributed by atoms with van der Waals surface area (Å²) in [6.45, 7) is 3.83. The van der Waals surface area contributed by atoms with Crippen LogP contribution in [0.4, 0.5) is 0 Å². The summed E-state index contributed by atoms with van der Waals surface area (Å²) in [5.74, 6) is 0.173. The van der Waals surface area contributed by atoms with E-state index in [1.54, 1.807) is 0 Å². The number of carbonyl (C=O) groups excluding carboxylic acids is 3. The molecule has 5 heteroatoms. The molecule has 5 rings (SSSR count). The molecule has 0 N–H and O–H groups in total. The van der Waals surface area contributed by atoms with Gasteiger partial charge in [-0.25, -0.2) is 0 Å². The minimum atomic E-state index is -0.641. The largest absolute Gasteiger partial charge is 0.465 e. The molecule has 4 fully saturated rings. The average Bonchev–Trinajstić information content (AvgIpc) is 3.32. The van der Waals surface area contributed by atoms with Crippen molar-refractivity contribution in [3.8, 4) is 0 Å². The maximum absolute atomic E-state index is 13.2. The first-order valence-electron chi connectivity index (χ1n) is 9.95. The minimum Gasteiger partial charge on any atom is -0.465 e. The lowest BCUT2D eigenvalue weighted by atomic mass is 9.47. The van der Waals surface area contributed by atoms with Crippen LogP contribution in [0.15, 0.2) is 11.6 Å². The third-order valence-electron chi connectivity index (χ3n) is 8.19. The molecule has 5 aliphatic rings. The van der Waals surface area contributed by atoms with Gasteiger partial charge in [0.15, 0.2) is 5.78 Å². The third kappa shape index (κ3) is 2.04. The van der Waals surface area contributed by atoms with E-state index in [2.05, 4.69) is 6.92 Å². The summed E-state index contributed by atoms with van der Waals surface area (Å²) in [5.41, 5.74) is 0.573. The van der Waals surface area contributed by atoms with E-state index in [0.717, 1.165) is 32.1 Å².